The van der Waals surface area contributed by atoms with E-state index in [0.717, 1.165) is 73.3 Å². The zero-order valence-corrected chi connectivity index (χ0v) is 19.6. The molecule has 0 radical (unpaired) electrons. The summed E-state index contributed by atoms with van der Waals surface area (Å²) in [6, 6.07) is 15.6. The maximum atomic E-state index is 6.10. The maximum Gasteiger partial charge on any atom is 0.136 e. The quantitative estimate of drug-likeness (QED) is 0.551. The smallest absolute Gasteiger partial charge is 0.136 e. The third-order valence-corrected chi connectivity index (χ3v) is 6.67. The van der Waals surface area contributed by atoms with Gasteiger partial charge in [-0.2, -0.15) is 0 Å². The van der Waals surface area contributed by atoms with Crippen LogP contribution in [0.1, 0.15) is 32.6 Å². The number of hydrogen-bond acceptors (Lipinski definition) is 6. The molecule has 1 aromatic carbocycles. The van der Waals surface area contributed by atoms with Crippen molar-refractivity contribution >= 4 is 22.4 Å². The van der Waals surface area contributed by atoms with Gasteiger partial charge in [0.15, 0.2) is 0 Å². The van der Waals surface area contributed by atoms with Crippen LogP contribution in [0.3, 0.4) is 0 Å². The SMILES string of the molecule is CCN(C)CCN(C)c1ccc(-c2cc3ncccc3c(NC3CCC(N)CC3)n2)cc1. The van der Waals surface area contributed by atoms with Crippen molar-refractivity contribution in [1.82, 2.24) is 14.9 Å². The number of nitrogens with two attached hydrogens (primary N) is 1. The van der Waals surface area contributed by atoms with E-state index in [-0.39, 0.29) is 0 Å². The Hall–Kier alpha value is -2.70. The molecule has 1 fully saturated rings. The van der Waals surface area contributed by atoms with Gasteiger partial charge in [-0.15, -0.1) is 0 Å². The van der Waals surface area contributed by atoms with Gasteiger partial charge in [0.1, 0.15) is 5.82 Å². The number of anilines is 2. The summed E-state index contributed by atoms with van der Waals surface area (Å²) in [4.78, 5) is 14.3. The topological polar surface area (TPSA) is 70.3 Å². The first-order chi connectivity index (χ1) is 15.5. The monoisotopic (exact) mass is 432 g/mol. The van der Waals surface area contributed by atoms with Gasteiger partial charge >= 0.3 is 0 Å². The second-order valence-electron chi connectivity index (χ2n) is 9.05. The van der Waals surface area contributed by atoms with Gasteiger partial charge in [-0.25, -0.2) is 4.98 Å². The van der Waals surface area contributed by atoms with Gasteiger partial charge in [0.25, 0.3) is 0 Å². The molecule has 0 saturated heterocycles. The van der Waals surface area contributed by atoms with Crippen LogP contribution in [0.5, 0.6) is 0 Å². The van der Waals surface area contributed by atoms with E-state index in [2.05, 4.69) is 77.5 Å². The molecule has 2 aromatic heterocycles. The molecule has 3 N–H and O–H groups in total. The Morgan fingerprint density at radius 2 is 1.78 bits per heavy atom. The number of hydrogen-bond donors (Lipinski definition) is 2. The van der Waals surface area contributed by atoms with E-state index in [1.165, 1.54) is 5.69 Å². The van der Waals surface area contributed by atoms with E-state index in [0.29, 0.717) is 12.1 Å². The predicted molar refractivity (Wildman–Crippen MR) is 135 cm³/mol. The number of aromatic nitrogens is 2. The number of likely N-dealkylation sites (N-methyl/N-ethyl adjacent to an activating group) is 2. The van der Waals surface area contributed by atoms with Crippen LogP contribution in [-0.2, 0) is 0 Å². The Labute approximate surface area is 191 Å². The second kappa shape index (κ2) is 10.3. The summed E-state index contributed by atoms with van der Waals surface area (Å²) < 4.78 is 0. The van der Waals surface area contributed by atoms with E-state index in [9.17, 15) is 0 Å². The average Bonchev–Trinajstić information content (AvgIpc) is 2.83. The van der Waals surface area contributed by atoms with Gasteiger partial charge in [0.05, 0.1) is 11.2 Å². The van der Waals surface area contributed by atoms with Gasteiger partial charge in [0, 0.05) is 55.1 Å². The number of nitrogens with one attached hydrogen (secondary N) is 1. The third kappa shape index (κ3) is 5.37. The van der Waals surface area contributed by atoms with Crippen LogP contribution < -0.4 is 16.0 Å². The van der Waals surface area contributed by atoms with Crippen molar-refractivity contribution in [3.63, 3.8) is 0 Å². The number of benzene rings is 1. The Morgan fingerprint density at radius 3 is 2.50 bits per heavy atom. The highest BCUT2D eigenvalue weighted by Gasteiger charge is 2.20. The first-order valence-corrected chi connectivity index (χ1v) is 11.8. The molecule has 32 heavy (non-hydrogen) atoms. The molecular formula is C26H36N6. The largest absolute Gasteiger partial charge is 0.373 e. The average molecular weight is 433 g/mol. The number of fused-ring (bicyclic) bond motifs is 1. The second-order valence-corrected chi connectivity index (χ2v) is 9.05. The van der Waals surface area contributed by atoms with Crippen molar-refractivity contribution in [3.8, 4) is 11.3 Å². The van der Waals surface area contributed by atoms with Crippen LogP contribution in [0.25, 0.3) is 22.2 Å². The molecule has 1 aliphatic rings. The lowest BCUT2D eigenvalue weighted by Gasteiger charge is -2.27. The van der Waals surface area contributed by atoms with E-state index in [1.54, 1.807) is 0 Å². The summed E-state index contributed by atoms with van der Waals surface area (Å²) in [6.45, 7) is 5.31. The Kier molecular flexibility index (Phi) is 7.22. The summed E-state index contributed by atoms with van der Waals surface area (Å²) in [5, 5.41) is 4.77. The minimum Gasteiger partial charge on any atom is -0.373 e. The normalized spacial score (nSPS) is 18.8. The first kappa shape index (κ1) is 22.5. The first-order valence-electron chi connectivity index (χ1n) is 11.8. The highest BCUT2D eigenvalue weighted by atomic mass is 15.2. The molecule has 0 amide bonds. The fraction of sp³-hybridized carbons (Fsp3) is 0.462. The molecule has 6 nitrogen and oxygen atoms in total. The van der Waals surface area contributed by atoms with Gasteiger partial charge in [0.2, 0.25) is 0 Å². The van der Waals surface area contributed by atoms with E-state index in [1.807, 2.05) is 12.3 Å². The molecule has 0 spiro atoms. The van der Waals surface area contributed by atoms with Gasteiger partial charge in [-0.3, -0.25) is 4.98 Å². The van der Waals surface area contributed by atoms with Crippen molar-refractivity contribution in [1.29, 1.82) is 0 Å². The summed E-state index contributed by atoms with van der Waals surface area (Å²) in [5.41, 5.74) is 10.3. The van der Waals surface area contributed by atoms with Gasteiger partial charge in [-0.1, -0.05) is 19.1 Å². The standard InChI is InChI=1S/C26H36N6/c1-4-31(2)16-17-32(3)22-13-7-19(8-14-22)24-18-25-23(6-5-15-28-25)26(30-24)29-21-11-9-20(27)10-12-21/h5-8,13-15,18,20-21H,4,9-12,16-17,27H2,1-3H3,(H,29,30). The molecule has 0 unspecified atom stereocenters. The molecule has 0 bridgehead atoms. The zero-order chi connectivity index (χ0) is 22.5. The fourth-order valence-corrected chi connectivity index (χ4v) is 4.28. The molecule has 1 saturated carbocycles. The molecular weight excluding hydrogens is 396 g/mol. The molecule has 0 aliphatic heterocycles. The predicted octanol–water partition coefficient (Wildman–Crippen LogP) is 4.37. The summed E-state index contributed by atoms with van der Waals surface area (Å²) in [7, 11) is 4.30. The lowest BCUT2D eigenvalue weighted by Crippen LogP contribution is -2.33. The minimum atomic E-state index is 0.338. The minimum absolute atomic E-state index is 0.338. The molecule has 6 heteroatoms. The number of nitrogens with zero attached hydrogens (tertiary/aromatic N) is 4. The lowest BCUT2D eigenvalue weighted by atomic mass is 9.92. The Balaban J connectivity index is 1.56. The molecule has 170 valence electrons. The van der Waals surface area contributed by atoms with Crippen LogP contribution in [0.2, 0.25) is 0 Å². The van der Waals surface area contributed by atoms with Crippen LogP contribution in [-0.4, -0.2) is 60.7 Å². The highest BCUT2D eigenvalue weighted by Crippen LogP contribution is 2.30. The summed E-state index contributed by atoms with van der Waals surface area (Å²) >= 11 is 0. The molecule has 2 heterocycles. The van der Waals surface area contributed by atoms with Crippen molar-refractivity contribution < 1.29 is 0 Å². The third-order valence-electron chi connectivity index (χ3n) is 6.67. The Morgan fingerprint density at radius 1 is 1.03 bits per heavy atom. The molecule has 4 rings (SSSR count). The van der Waals surface area contributed by atoms with Crippen molar-refractivity contribution in [3.05, 3.63) is 48.7 Å². The van der Waals surface area contributed by atoms with E-state index in [4.69, 9.17) is 10.7 Å². The van der Waals surface area contributed by atoms with Crippen LogP contribution in [0.15, 0.2) is 48.7 Å². The number of rotatable bonds is 8. The molecule has 1 aliphatic carbocycles. The highest BCUT2D eigenvalue weighted by molar-refractivity contribution is 5.92. The van der Waals surface area contributed by atoms with Crippen molar-refractivity contribution in [2.75, 3.05) is 43.9 Å². The molecule has 0 atom stereocenters. The summed E-state index contributed by atoms with van der Waals surface area (Å²) in [6.07, 6.45) is 6.15. The number of pyridine rings is 2. The lowest BCUT2D eigenvalue weighted by molar-refractivity contribution is 0.360. The van der Waals surface area contributed by atoms with Gasteiger partial charge < -0.3 is 20.9 Å². The van der Waals surface area contributed by atoms with E-state index < -0.39 is 0 Å². The van der Waals surface area contributed by atoms with Crippen LogP contribution in [0.4, 0.5) is 11.5 Å². The van der Waals surface area contributed by atoms with Crippen molar-refractivity contribution in [2.45, 2.75) is 44.7 Å². The van der Waals surface area contributed by atoms with E-state index >= 15 is 0 Å². The molecule has 3 aromatic rings. The summed E-state index contributed by atoms with van der Waals surface area (Å²) in [5.74, 6) is 0.926. The van der Waals surface area contributed by atoms with Crippen LogP contribution >= 0.6 is 0 Å². The Bertz CT molecular complexity index is 1010. The van der Waals surface area contributed by atoms with Crippen LogP contribution in [0, 0.1) is 0 Å². The maximum absolute atomic E-state index is 6.10. The van der Waals surface area contributed by atoms with Crippen molar-refractivity contribution in [2.24, 2.45) is 5.73 Å². The van der Waals surface area contributed by atoms with Gasteiger partial charge in [-0.05, 0) is 69.6 Å². The zero-order valence-electron chi connectivity index (χ0n) is 19.6. The fourth-order valence-electron chi connectivity index (χ4n) is 4.28.